The monoisotopic (exact) mass is 323 g/mol. The molecule has 0 N–H and O–H groups in total. The van der Waals surface area contributed by atoms with Crippen LogP contribution in [0.3, 0.4) is 0 Å². The summed E-state index contributed by atoms with van der Waals surface area (Å²) >= 11 is 0. The Morgan fingerprint density at radius 1 is 1.09 bits per heavy atom. The van der Waals surface area contributed by atoms with Crippen molar-refractivity contribution in [2.24, 2.45) is 0 Å². The molecular weight excluding hydrogens is 316 g/mol. The van der Waals surface area contributed by atoms with Gasteiger partial charge in [-0.15, -0.1) is 13.2 Å². The number of aromatic nitrogens is 1. The normalized spacial score (nSPS) is 11.6. The van der Waals surface area contributed by atoms with Crippen LogP contribution in [0.4, 0.5) is 26.3 Å². The van der Waals surface area contributed by atoms with Crippen LogP contribution in [0.5, 0.6) is 11.5 Å². The van der Waals surface area contributed by atoms with Crippen molar-refractivity contribution >= 4 is 0 Å². The first kappa shape index (κ1) is 15.9. The number of pyridine rings is 1. The van der Waals surface area contributed by atoms with Gasteiger partial charge in [0.05, 0.1) is 6.20 Å². The molecule has 3 nitrogen and oxygen atoms in total. The quantitative estimate of drug-likeness (QED) is 0.782. The fraction of sp³-hybridized carbons (Fsp3) is 0.154. The number of hydrogen-bond donors (Lipinski definition) is 0. The van der Waals surface area contributed by atoms with Crippen LogP contribution in [-0.2, 0) is 0 Å². The fourth-order valence-electron chi connectivity index (χ4n) is 1.70. The topological polar surface area (TPSA) is 31.4 Å². The first-order valence-electron chi connectivity index (χ1n) is 5.71. The molecule has 0 aliphatic rings. The largest absolute Gasteiger partial charge is 0.573 e. The summed E-state index contributed by atoms with van der Waals surface area (Å²) in [4.78, 5) is 3.47. The van der Waals surface area contributed by atoms with Crippen molar-refractivity contribution in [3.8, 4) is 22.6 Å². The molecule has 0 atom stereocenters. The van der Waals surface area contributed by atoms with Crippen molar-refractivity contribution in [1.29, 1.82) is 0 Å². The summed E-state index contributed by atoms with van der Waals surface area (Å²) in [5.74, 6) is -2.56. The number of rotatable bonds is 4. The van der Waals surface area contributed by atoms with Gasteiger partial charge in [-0.3, -0.25) is 4.98 Å². The molecule has 0 fully saturated rings. The molecule has 1 aromatic carbocycles. The summed E-state index contributed by atoms with van der Waals surface area (Å²) in [7, 11) is 0. The molecule has 0 unspecified atom stereocenters. The second kappa shape index (κ2) is 6.12. The molecule has 0 saturated carbocycles. The summed E-state index contributed by atoms with van der Waals surface area (Å²) in [6, 6.07) is 4.38. The lowest BCUT2D eigenvalue weighted by molar-refractivity contribution is -0.274. The van der Waals surface area contributed by atoms with Gasteiger partial charge in [-0.2, -0.15) is 8.78 Å². The van der Waals surface area contributed by atoms with Crippen LogP contribution >= 0.6 is 0 Å². The van der Waals surface area contributed by atoms with Crippen molar-refractivity contribution < 1.29 is 35.8 Å². The van der Waals surface area contributed by atoms with Crippen LogP contribution in [0.15, 0.2) is 36.7 Å². The highest BCUT2D eigenvalue weighted by Gasteiger charge is 2.31. The zero-order valence-corrected chi connectivity index (χ0v) is 10.6. The van der Waals surface area contributed by atoms with Gasteiger partial charge in [-0.05, 0) is 17.7 Å². The van der Waals surface area contributed by atoms with Gasteiger partial charge in [0, 0.05) is 11.8 Å². The van der Waals surface area contributed by atoms with Gasteiger partial charge >= 0.3 is 13.0 Å². The van der Waals surface area contributed by atoms with E-state index in [1.54, 1.807) is 0 Å². The van der Waals surface area contributed by atoms with Crippen molar-refractivity contribution in [3.05, 3.63) is 42.5 Å². The van der Waals surface area contributed by atoms with E-state index >= 15 is 0 Å². The Balaban J connectivity index is 2.44. The maximum absolute atomic E-state index is 13.5. The Morgan fingerprint density at radius 3 is 2.45 bits per heavy atom. The average molecular weight is 323 g/mol. The van der Waals surface area contributed by atoms with Gasteiger partial charge in [0.2, 0.25) is 0 Å². The van der Waals surface area contributed by atoms with E-state index in [2.05, 4.69) is 14.5 Å². The Kier molecular flexibility index (Phi) is 4.43. The van der Waals surface area contributed by atoms with Crippen LogP contribution < -0.4 is 9.47 Å². The number of benzene rings is 1. The summed E-state index contributed by atoms with van der Waals surface area (Å²) < 4.78 is 82.5. The van der Waals surface area contributed by atoms with Gasteiger partial charge in [-0.25, -0.2) is 4.39 Å². The smallest absolute Gasteiger partial charge is 0.431 e. The van der Waals surface area contributed by atoms with Crippen LogP contribution in [0.1, 0.15) is 0 Å². The minimum atomic E-state index is -4.92. The van der Waals surface area contributed by atoms with E-state index in [9.17, 15) is 26.3 Å². The molecule has 118 valence electrons. The lowest BCUT2D eigenvalue weighted by Gasteiger charge is -2.13. The van der Waals surface area contributed by atoms with E-state index in [4.69, 9.17) is 0 Å². The Morgan fingerprint density at radius 2 is 1.82 bits per heavy atom. The van der Waals surface area contributed by atoms with E-state index in [-0.39, 0.29) is 11.1 Å². The van der Waals surface area contributed by atoms with E-state index in [0.29, 0.717) is 6.20 Å². The summed E-state index contributed by atoms with van der Waals surface area (Å²) in [6.45, 7) is -3.30. The molecular formula is C13H7F6NO2. The second-order valence-electron chi connectivity index (χ2n) is 3.95. The number of nitrogens with zero attached hydrogens (tertiary/aromatic N) is 1. The maximum Gasteiger partial charge on any atom is 0.573 e. The Labute approximate surface area is 120 Å². The third-order valence-corrected chi connectivity index (χ3v) is 2.44. The Hall–Kier alpha value is -2.45. The summed E-state index contributed by atoms with van der Waals surface area (Å²) in [5.41, 5.74) is -0.252. The third kappa shape index (κ3) is 4.03. The van der Waals surface area contributed by atoms with Gasteiger partial charge < -0.3 is 9.47 Å². The van der Waals surface area contributed by atoms with Gasteiger partial charge in [0.25, 0.3) is 0 Å². The predicted molar refractivity (Wildman–Crippen MR) is 62.9 cm³/mol. The van der Waals surface area contributed by atoms with Crippen molar-refractivity contribution in [2.45, 2.75) is 13.0 Å². The second-order valence-corrected chi connectivity index (χ2v) is 3.95. The minimum absolute atomic E-state index is 0.0237. The predicted octanol–water partition coefficient (Wildman–Crippen LogP) is 4.39. The lowest BCUT2D eigenvalue weighted by Crippen LogP contribution is -2.17. The number of ether oxygens (including phenoxy) is 2. The fourth-order valence-corrected chi connectivity index (χ4v) is 1.70. The molecule has 0 bridgehead atoms. The van der Waals surface area contributed by atoms with Crippen LogP contribution in [0.2, 0.25) is 0 Å². The molecule has 0 aliphatic carbocycles. The maximum atomic E-state index is 13.5. The van der Waals surface area contributed by atoms with E-state index < -0.39 is 30.3 Å². The van der Waals surface area contributed by atoms with Gasteiger partial charge in [0.15, 0.2) is 11.6 Å². The highest BCUT2D eigenvalue weighted by atomic mass is 19.4. The molecule has 1 aromatic heterocycles. The van der Waals surface area contributed by atoms with Gasteiger partial charge in [-0.1, -0.05) is 12.1 Å². The van der Waals surface area contributed by atoms with E-state index in [0.717, 1.165) is 18.3 Å². The molecule has 0 aliphatic heterocycles. The zero-order valence-electron chi connectivity index (χ0n) is 10.6. The standard InChI is InChI=1S/C13H7F6NO2/c14-10-6-20-5-9(11(10)21-12(15)16)7-2-1-3-8(4-7)22-13(17,18)19/h1-6,12H. The Bertz CT molecular complexity index is 659. The van der Waals surface area contributed by atoms with Crippen molar-refractivity contribution in [3.63, 3.8) is 0 Å². The summed E-state index contributed by atoms with van der Waals surface area (Å²) in [6.07, 6.45) is -3.27. The third-order valence-electron chi connectivity index (χ3n) is 2.44. The molecule has 9 heteroatoms. The SMILES string of the molecule is Fc1cncc(-c2cccc(OC(F)(F)F)c2)c1OC(F)F. The number of halogens is 6. The zero-order chi connectivity index (χ0) is 16.3. The van der Waals surface area contributed by atoms with Crippen molar-refractivity contribution in [1.82, 2.24) is 4.98 Å². The molecule has 0 radical (unpaired) electrons. The summed E-state index contributed by atoms with van der Waals surface area (Å²) in [5, 5.41) is 0. The van der Waals surface area contributed by atoms with Crippen molar-refractivity contribution in [2.75, 3.05) is 0 Å². The first-order valence-corrected chi connectivity index (χ1v) is 5.71. The molecule has 0 amide bonds. The van der Waals surface area contributed by atoms with E-state index in [1.165, 1.54) is 12.1 Å². The molecule has 22 heavy (non-hydrogen) atoms. The lowest BCUT2D eigenvalue weighted by atomic mass is 10.1. The molecule has 0 spiro atoms. The van der Waals surface area contributed by atoms with Crippen LogP contribution in [-0.4, -0.2) is 18.0 Å². The molecule has 1 heterocycles. The van der Waals surface area contributed by atoms with E-state index in [1.807, 2.05) is 0 Å². The van der Waals surface area contributed by atoms with Gasteiger partial charge in [0.1, 0.15) is 5.75 Å². The molecule has 2 aromatic rings. The number of alkyl halides is 5. The molecule has 0 saturated heterocycles. The number of hydrogen-bond acceptors (Lipinski definition) is 3. The van der Waals surface area contributed by atoms with Crippen LogP contribution in [0, 0.1) is 5.82 Å². The minimum Gasteiger partial charge on any atom is -0.431 e. The highest BCUT2D eigenvalue weighted by Crippen LogP contribution is 2.35. The highest BCUT2D eigenvalue weighted by molar-refractivity contribution is 5.70. The first-order chi connectivity index (χ1) is 10.3. The molecule has 2 rings (SSSR count). The van der Waals surface area contributed by atoms with Crippen LogP contribution in [0.25, 0.3) is 11.1 Å². The average Bonchev–Trinajstić information content (AvgIpc) is 2.39.